The van der Waals surface area contributed by atoms with Gasteiger partial charge >= 0.3 is 0 Å². The van der Waals surface area contributed by atoms with Crippen molar-refractivity contribution in [3.63, 3.8) is 0 Å². The normalized spacial score (nSPS) is 23.5. The molecule has 2 N–H and O–H groups in total. The first-order valence-corrected chi connectivity index (χ1v) is 9.12. The highest BCUT2D eigenvalue weighted by Crippen LogP contribution is 2.33. The number of hydrogen-bond donors (Lipinski definition) is 1. The van der Waals surface area contributed by atoms with Gasteiger partial charge in [-0.3, -0.25) is 14.4 Å². The van der Waals surface area contributed by atoms with Crippen LogP contribution in [0.2, 0.25) is 0 Å². The van der Waals surface area contributed by atoms with Gasteiger partial charge in [-0.15, -0.1) is 0 Å². The van der Waals surface area contributed by atoms with Crippen LogP contribution < -0.4 is 10.6 Å². The number of amides is 3. The van der Waals surface area contributed by atoms with Crippen LogP contribution in [-0.2, 0) is 9.59 Å². The van der Waals surface area contributed by atoms with Gasteiger partial charge in [0, 0.05) is 51.4 Å². The fraction of sp³-hybridized carbons (Fsp3) is 0.556. The zero-order valence-corrected chi connectivity index (χ0v) is 14.6. The van der Waals surface area contributed by atoms with Crippen molar-refractivity contribution in [1.29, 1.82) is 0 Å². The number of anilines is 1. The summed E-state index contributed by atoms with van der Waals surface area (Å²) < 4.78 is 0. The van der Waals surface area contributed by atoms with Crippen molar-refractivity contribution in [2.75, 3.05) is 37.6 Å². The van der Waals surface area contributed by atoms with Gasteiger partial charge in [0.15, 0.2) is 0 Å². The first kappa shape index (κ1) is 16.8. The summed E-state index contributed by atoms with van der Waals surface area (Å²) in [6.07, 6.45) is 4.10. The molecule has 0 unspecified atom stereocenters. The number of nitrogens with zero attached hydrogens (tertiary/aromatic N) is 4. The Balaban J connectivity index is 1.37. The lowest BCUT2D eigenvalue weighted by Gasteiger charge is -2.37. The van der Waals surface area contributed by atoms with Crippen molar-refractivity contribution in [1.82, 2.24) is 14.8 Å². The lowest BCUT2D eigenvalue weighted by Crippen LogP contribution is -2.51. The van der Waals surface area contributed by atoms with Crippen molar-refractivity contribution >= 4 is 23.5 Å². The summed E-state index contributed by atoms with van der Waals surface area (Å²) in [5, 5.41) is 0. The number of rotatable bonds is 4. The molecular weight excluding hydrogens is 334 g/mol. The number of carbonyl (C=O) groups is 3. The minimum Gasteiger partial charge on any atom is -0.365 e. The molecule has 1 aromatic heterocycles. The van der Waals surface area contributed by atoms with Gasteiger partial charge in [-0.25, -0.2) is 4.98 Å². The Bertz CT molecular complexity index is 740. The predicted molar refractivity (Wildman–Crippen MR) is 94.4 cm³/mol. The summed E-state index contributed by atoms with van der Waals surface area (Å²) in [7, 11) is 0. The van der Waals surface area contributed by atoms with Gasteiger partial charge in [0.25, 0.3) is 5.91 Å². The molecule has 1 aliphatic carbocycles. The third-order valence-electron chi connectivity index (χ3n) is 5.44. The zero-order chi connectivity index (χ0) is 18.3. The van der Waals surface area contributed by atoms with Crippen molar-refractivity contribution in [3.8, 4) is 0 Å². The number of pyridine rings is 1. The van der Waals surface area contributed by atoms with Gasteiger partial charge < -0.3 is 20.4 Å². The van der Waals surface area contributed by atoms with E-state index in [0.717, 1.165) is 12.8 Å². The second-order valence-corrected chi connectivity index (χ2v) is 7.23. The van der Waals surface area contributed by atoms with Crippen molar-refractivity contribution in [2.24, 2.45) is 11.7 Å². The summed E-state index contributed by atoms with van der Waals surface area (Å²) in [5.41, 5.74) is 5.83. The van der Waals surface area contributed by atoms with Gasteiger partial charge in [-0.1, -0.05) is 0 Å². The van der Waals surface area contributed by atoms with E-state index in [1.54, 1.807) is 18.3 Å². The van der Waals surface area contributed by atoms with E-state index in [0.29, 0.717) is 56.6 Å². The van der Waals surface area contributed by atoms with Crippen LogP contribution in [0.3, 0.4) is 0 Å². The number of hydrogen-bond acceptors (Lipinski definition) is 5. The quantitative estimate of drug-likeness (QED) is 0.807. The molecule has 0 aromatic carbocycles. The van der Waals surface area contributed by atoms with Gasteiger partial charge in [0.05, 0.1) is 11.5 Å². The standard InChI is InChI=1S/C18H23N5O3/c19-16(25)14-2-1-5-20-17(14)21-6-8-22(9-7-21)18(26)12-10-15(24)23(11-12)13-3-4-13/h1-2,5,12-13H,3-4,6-11H2,(H2,19,25)/t12-/m1/s1. The van der Waals surface area contributed by atoms with E-state index in [-0.39, 0.29) is 17.7 Å². The first-order valence-electron chi connectivity index (χ1n) is 9.12. The molecule has 8 heteroatoms. The molecule has 3 amide bonds. The van der Waals surface area contributed by atoms with Crippen LogP contribution in [0.15, 0.2) is 18.3 Å². The minimum atomic E-state index is -0.503. The highest BCUT2D eigenvalue weighted by atomic mass is 16.2. The summed E-state index contributed by atoms with van der Waals surface area (Å²) >= 11 is 0. The summed E-state index contributed by atoms with van der Waals surface area (Å²) in [6.45, 7) is 2.87. The Morgan fingerprint density at radius 2 is 1.88 bits per heavy atom. The minimum absolute atomic E-state index is 0.0669. The molecule has 0 radical (unpaired) electrons. The number of aromatic nitrogens is 1. The molecular formula is C18H23N5O3. The molecule has 0 spiro atoms. The molecule has 26 heavy (non-hydrogen) atoms. The number of primary amides is 1. The van der Waals surface area contributed by atoms with Gasteiger partial charge in [-0.05, 0) is 25.0 Å². The van der Waals surface area contributed by atoms with E-state index >= 15 is 0 Å². The molecule has 3 aliphatic rings. The molecule has 1 saturated carbocycles. The average molecular weight is 357 g/mol. The van der Waals surface area contributed by atoms with Crippen molar-refractivity contribution in [2.45, 2.75) is 25.3 Å². The highest BCUT2D eigenvalue weighted by molar-refractivity contribution is 5.97. The van der Waals surface area contributed by atoms with Crippen LogP contribution >= 0.6 is 0 Å². The third-order valence-corrected chi connectivity index (χ3v) is 5.44. The Morgan fingerprint density at radius 3 is 2.54 bits per heavy atom. The second-order valence-electron chi connectivity index (χ2n) is 7.23. The number of carbonyl (C=O) groups excluding carboxylic acids is 3. The number of nitrogens with two attached hydrogens (primary N) is 1. The predicted octanol–water partition coefficient (Wildman–Crippen LogP) is -0.160. The lowest BCUT2D eigenvalue weighted by molar-refractivity contribution is -0.136. The van der Waals surface area contributed by atoms with Crippen molar-refractivity contribution < 1.29 is 14.4 Å². The van der Waals surface area contributed by atoms with Crippen LogP contribution in [0.1, 0.15) is 29.6 Å². The molecule has 2 saturated heterocycles. The Morgan fingerprint density at radius 1 is 1.15 bits per heavy atom. The second kappa shape index (κ2) is 6.59. The number of likely N-dealkylation sites (tertiary alicyclic amines) is 1. The Hall–Kier alpha value is -2.64. The summed E-state index contributed by atoms with van der Waals surface area (Å²) in [4.78, 5) is 46.5. The van der Waals surface area contributed by atoms with Gasteiger partial charge in [-0.2, -0.15) is 0 Å². The maximum Gasteiger partial charge on any atom is 0.252 e. The maximum absolute atomic E-state index is 12.8. The van der Waals surface area contributed by atoms with E-state index < -0.39 is 5.91 Å². The molecule has 2 aliphatic heterocycles. The van der Waals surface area contributed by atoms with E-state index in [1.165, 1.54) is 0 Å². The molecule has 0 bridgehead atoms. The van der Waals surface area contributed by atoms with Crippen LogP contribution in [0.25, 0.3) is 0 Å². The van der Waals surface area contributed by atoms with E-state index in [9.17, 15) is 14.4 Å². The molecule has 3 heterocycles. The van der Waals surface area contributed by atoms with E-state index in [2.05, 4.69) is 4.98 Å². The molecule has 138 valence electrons. The van der Waals surface area contributed by atoms with Crippen LogP contribution in [-0.4, -0.2) is 71.3 Å². The Labute approximate surface area is 151 Å². The summed E-state index contributed by atoms with van der Waals surface area (Å²) in [5.74, 6) is 0.0336. The molecule has 8 nitrogen and oxygen atoms in total. The van der Waals surface area contributed by atoms with Gasteiger partial charge in [0.1, 0.15) is 5.82 Å². The van der Waals surface area contributed by atoms with E-state index in [4.69, 9.17) is 5.73 Å². The van der Waals surface area contributed by atoms with E-state index in [1.807, 2.05) is 14.7 Å². The average Bonchev–Trinajstić information content (AvgIpc) is 3.43. The molecule has 3 fully saturated rings. The lowest BCUT2D eigenvalue weighted by atomic mass is 10.1. The zero-order valence-electron chi connectivity index (χ0n) is 14.6. The third kappa shape index (κ3) is 3.11. The SMILES string of the molecule is NC(=O)c1cccnc1N1CCN(C(=O)[C@@H]2CC(=O)N(C3CC3)C2)CC1. The molecule has 4 rings (SSSR count). The smallest absolute Gasteiger partial charge is 0.252 e. The first-order chi connectivity index (χ1) is 12.5. The highest BCUT2D eigenvalue weighted by Gasteiger charge is 2.43. The van der Waals surface area contributed by atoms with Crippen LogP contribution in [0.4, 0.5) is 5.82 Å². The Kier molecular flexibility index (Phi) is 4.26. The monoisotopic (exact) mass is 357 g/mol. The largest absolute Gasteiger partial charge is 0.365 e. The topological polar surface area (TPSA) is 99.8 Å². The molecule has 1 atom stereocenters. The van der Waals surface area contributed by atoms with Gasteiger partial charge in [0.2, 0.25) is 11.8 Å². The maximum atomic E-state index is 12.8. The molecule has 1 aromatic rings. The number of piperazine rings is 1. The van der Waals surface area contributed by atoms with Crippen molar-refractivity contribution in [3.05, 3.63) is 23.9 Å². The van der Waals surface area contributed by atoms with Crippen LogP contribution in [0.5, 0.6) is 0 Å². The fourth-order valence-corrected chi connectivity index (χ4v) is 3.87. The van der Waals surface area contributed by atoms with Crippen LogP contribution in [0, 0.1) is 5.92 Å². The summed E-state index contributed by atoms with van der Waals surface area (Å²) in [6, 6.07) is 3.72. The fourth-order valence-electron chi connectivity index (χ4n) is 3.87.